The summed E-state index contributed by atoms with van der Waals surface area (Å²) >= 11 is 9.63. The molecule has 3 rings (SSSR count). The lowest BCUT2D eigenvalue weighted by Gasteiger charge is -2.29. The third-order valence-corrected chi connectivity index (χ3v) is 7.09. The van der Waals surface area contributed by atoms with Gasteiger partial charge in [0.1, 0.15) is 5.75 Å². The number of hydrogen-bond acceptors (Lipinski definition) is 6. The number of hydrogen-bond donors (Lipinski definition) is 1. The number of aromatic nitrogens is 2. The van der Waals surface area contributed by atoms with Crippen LogP contribution < -0.4 is 0 Å². The van der Waals surface area contributed by atoms with Crippen LogP contribution in [0.5, 0.6) is 5.75 Å². The lowest BCUT2D eigenvalue weighted by molar-refractivity contribution is 0.417. The van der Waals surface area contributed by atoms with Gasteiger partial charge in [-0.15, -0.1) is 11.8 Å². The molecule has 1 aliphatic heterocycles. The highest BCUT2D eigenvalue weighted by Crippen LogP contribution is 2.43. The van der Waals surface area contributed by atoms with Gasteiger partial charge in [0, 0.05) is 21.3 Å². The van der Waals surface area contributed by atoms with Crippen LogP contribution in [0, 0.1) is 0 Å². The Hall–Kier alpha value is -0.850. The van der Waals surface area contributed by atoms with E-state index in [1.807, 2.05) is 23.5 Å². The molecule has 2 aromatic rings. The first-order chi connectivity index (χ1) is 10.0. The van der Waals surface area contributed by atoms with E-state index in [1.54, 1.807) is 12.1 Å². The molecule has 0 bridgehead atoms. The zero-order chi connectivity index (χ0) is 15.0. The molecule has 1 aliphatic rings. The van der Waals surface area contributed by atoms with Crippen molar-refractivity contribution in [3.63, 3.8) is 0 Å². The largest absolute Gasteiger partial charge is 0.507 e. The molecular weight excluding hydrogens is 328 g/mol. The van der Waals surface area contributed by atoms with Crippen LogP contribution in [-0.4, -0.2) is 31.5 Å². The van der Waals surface area contributed by atoms with Crippen molar-refractivity contribution in [2.45, 2.75) is 29.6 Å². The normalized spacial score (nSPS) is 26.0. The summed E-state index contributed by atoms with van der Waals surface area (Å²) in [7, 11) is 0. The summed E-state index contributed by atoms with van der Waals surface area (Å²) in [6.45, 7) is 4.46. The maximum Gasteiger partial charge on any atom is 0.261 e. The molecule has 3 unspecified atom stereocenters. The summed E-state index contributed by atoms with van der Waals surface area (Å²) in [4.78, 5) is 4.44. The summed E-state index contributed by atoms with van der Waals surface area (Å²) < 4.78 is 5.30. The van der Waals surface area contributed by atoms with E-state index in [-0.39, 0.29) is 11.0 Å². The molecule has 0 spiro atoms. The van der Waals surface area contributed by atoms with Crippen LogP contribution in [-0.2, 0) is 0 Å². The van der Waals surface area contributed by atoms with E-state index in [0.29, 0.717) is 32.8 Å². The average molecular weight is 343 g/mol. The number of phenolic OH excluding ortho intramolecular Hbond substituents is 1. The van der Waals surface area contributed by atoms with Gasteiger partial charge >= 0.3 is 0 Å². The van der Waals surface area contributed by atoms with Crippen molar-refractivity contribution < 1.29 is 9.63 Å². The van der Waals surface area contributed by atoms with E-state index in [1.165, 1.54) is 6.07 Å². The van der Waals surface area contributed by atoms with Gasteiger partial charge < -0.3 is 9.63 Å². The Bertz CT molecular complexity index is 650. The summed E-state index contributed by atoms with van der Waals surface area (Å²) in [6, 6.07) is 4.84. The second-order valence-corrected chi connectivity index (χ2v) is 8.42. The van der Waals surface area contributed by atoms with Crippen LogP contribution in [0.3, 0.4) is 0 Å². The Balaban J connectivity index is 1.83. The fraction of sp³-hybridized carbons (Fsp3) is 0.429. The first-order valence-electron chi connectivity index (χ1n) is 6.64. The van der Waals surface area contributed by atoms with Crippen molar-refractivity contribution in [3.05, 3.63) is 29.0 Å². The molecule has 112 valence electrons. The minimum atomic E-state index is 0.0466. The number of nitrogens with zero attached hydrogens (tertiary/aromatic N) is 2. The predicted molar refractivity (Wildman–Crippen MR) is 88.1 cm³/mol. The molecule has 0 aliphatic carbocycles. The monoisotopic (exact) mass is 342 g/mol. The maximum atomic E-state index is 9.92. The number of benzene rings is 1. The molecule has 4 nitrogen and oxygen atoms in total. The van der Waals surface area contributed by atoms with Gasteiger partial charge in [0.2, 0.25) is 0 Å². The van der Waals surface area contributed by atoms with E-state index in [4.69, 9.17) is 16.1 Å². The molecule has 1 fully saturated rings. The fourth-order valence-electron chi connectivity index (χ4n) is 2.08. The zero-order valence-corrected chi connectivity index (χ0v) is 14.0. The third kappa shape index (κ3) is 3.17. The highest BCUT2D eigenvalue weighted by Gasteiger charge is 2.30. The number of halogens is 1. The number of phenols is 1. The molecule has 3 atom stereocenters. The maximum absolute atomic E-state index is 9.92. The zero-order valence-electron chi connectivity index (χ0n) is 11.6. The topological polar surface area (TPSA) is 59.2 Å². The van der Waals surface area contributed by atoms with Crippen LogP contribution in [0.15, 0.2) is 22.7 Å². The van der Waals surface area contributed by atoms with Crippen molar-refractivity contribution in [1.29, 1.82) is 0 Å². The van der Waals surface area contributed by atoms with Gasteiger partial charge in [-0.2, -0.15) is 16.7 Å². The van der Waals surface area contributed by atoms with Gasteiger partial charge in [-0.05, 0) is 18.2 Å². The molecule has 0 radical (unpaired) electrons. The van der Waals surface area contributed by atoms with Crippen LogP contribution in [0.2, 0.25) is 5.02 Å². The number of thioether (sulfide) groups is 2. The minimum absolute atomic E-state index is 0.0466. The molecule has 21 heavy (non-hydrogen) atoms. The SMILES string of the molecule is CC1SCC(c2noc(-c3ccc(Cl)cc3O)n2)SC1C. The van der Waals surface area contributed by atoms with Crippen LogP contribution in [0.4, 0.5) is 0 Å². The predicted octanol–water partition coefficient (Wildman–Crippen LogP) is 4.39. The summed E-state index contributed by atoms with van der Waals surface area (Å²) in [6.07, 6.45) is 0. The van der Waals surface area contributed by atoms with E-state index in [2.05, 4.69) is 24.0 Å². The molecule has 0 saturated carbocycles. The molecule has 1 aromatic heterocycles. The lowest BCUT2D eigenvalue weighted by Crippen LogP contribution is -2.22. The fourth-order valence-corrected chi connectivity index (χ4v) is 5.08. The van der Waals surface area contributed by atoms with Crippen molar-refractivity contribution in [1.82, 2.24) is 10.1 Å². The lowest BCUT2D eigenvalue weighted by atomic mass is 10.2. The third-order valence-electron chi connectivity index (χ3n) is 3.47. The van der Waals surface area contributed by atoms with E-state index in [9.17, 15) is 5.11 Å². The Morgan fingerprint density at radius 2 is 2.14 bits per heavy atom. The smallest absolute Gasteiger partial charge is 0.261 e. The molecule has 2 heterocycles. The summed E-state index contributed by atoms with van der Waals surface area (Å²) in [5, 5.41) is 15.9. The summed E-state index contributed by atoms with van der Waals surface area (Å²) in [5.74, 6) is 2.04. The second kappa shape index (κ2) is 6.10. The van der Waals surface area contributed by atoms with Crippen molar-refractivity contribution >= 4 is 35.1 Å². The molecule has 7 heteroatoms. The molecule has 1 aromatic carbocycles. The van der Waals surface area contributed by atoms with E-state index in [0.717, 1.165) is 5.75 Å². The van der Waals surface area contributed by atoms with Crippen LogP contribution >= 0.6 is 35.1 Å². The van der Waals surface area contributed by atoms with Crippen molar-refractivity contribution in [3.8, 4) is 17.2 Å². The van der Waals surface area contributed by atoms with Gasteiger partial charge in [0.25, 0.3) is 5.89 Å². The van der Waals surface area contributed by atoms with Gasteiger partial charge in [0.15, 0.2) is 5.82 Å². The highest BCUT2D eigenvalue weighted by atomic mass is 35.5. The van der Waals surface area contributed by atoms with Crippen molar-refractivity contribution in [2.75, 3.05) is 5.75 Å². The average Bonchev–Trinajstić information content (AvgIpc) is 2.91. The standard InChI is InChI=1S/C14H15ClN2O2S2/c1-7-8(2)21-12(6-20-7)13-16-14(19-17-13)10-4-3-9(15)5-11(10)18/h3-5,7-8,12,18H,6H2,1-2H3. The van der Waals surface area contributed by atoms with E-state index >= 15 is 0 Å². The molecule has 1 saturated heterocycles. The van der Waals surface area contributed by atoms with Gasteiger partial charge in [-0.1, -0.05) is 30.6 Å². The molecule has 0 amide bonds. The number of rotatable bonds is 2. The second-order valence-electron chi connectivity index (χ2n) is 4.99. The number of aromatic hydroxyl groups is 1. The molecule has 1 N–H and O–H groups in total. The quantitative estimate of drug-likeness (QED) is 0.873. The first kappa shape index (κ1) is 15.1. The van der Waals surface area contributed by atoms with Gasteiger partial charge in [0.05, 0.1) is 10.8 Å². The Morgan fingerprint density at radius 1 is 1.33 bits per heavy atom. The summed E-state index contributed by atoms with van der Waals surface area (Å²) in [5.41, 5.74) is 0.507. The molecular formula is C14H15ClN2O2S2. The van der Waals surface area contributed by atoms with Crippen molar-refractivity contribution in [2.24, 2.45) is 0 Å². The Labute approximate surface area is 136 Å². The van der Waals surface area contributed by atoms with Gasteiger partial charge in [-0.3, -0.25) is 0 Å². The van der Waals surface area contributed by atoms with Gasteiger partial charge in [-0.25, -0.2) is 0 Å². The Kier molecular flexibility index (Phi) is 4.38. The minimum Gasteiger partial charge on any atom is -0.507 e. The highest BCUT2D eigenvalue weighted by molar-refractivity contribution is 8.07. The van der Waals surface area contributed by atoms with E-state index < -0.39 is 0 Å². The first-order valence-corrected chi connectivity index (χ1v) is 9.01. The van der Waals surface area contributed by atoms with Crippen LogP contribution in [0.1, 0.15) is 24.9 Å². The van der Waals surface area contributed by atoms with Crippen LogP contribution in [0.25, 0.3) is 11.5 Å². The Morgan fingerprint density at radius 3 is 2.86 bits per heavy atom.